The molecule has 8 heteroatoms. The maximum Gasteiger partial charge on any atom is 0.325 e. The molecule has 1 aliphatic heterocycles. The van der Waals surface area contributed by atoms with Crippen LogP contribution >= 0.6 is 15.9 Å². The topological polar surface area (TPSA) is 88.9 Å². The van der Waals surface area contributed by atoms with Gasteiger partial charge in [0.15, 0.2) is 17.0 Å². The van der Waals surface area contributed by atoms with Crippen molar-refractivity contribution >= 4 is 33.7 Å². The van der Waals surface area contributed by atoms with E-state index >= 15 is 0 Å². The van der Waals surface area contributed by atoms with Crippen LogP contribution in [-0.4, -0.2) is 48.4 Å². The molecule has 2 rings (SSSR count). The second-order valence-electron chi connectivity index (χ2n) is 5.59. The van der Waals surface area contributed by atoms with E-state index in [1.807, 2.05) is 6.92 Å². The summed E-state index contributed by atoms with van der Waals surface area (Å²) in [7, 11) is 0. The molecule has 0 radical (unpaired) electrons. The zero-order chi connectivity index (χ0) is 17.5. The number of carbonyl (C=O) groups excluding carboxylic acids is 3. The van der Waals surface area contributed by atoms with E-state index in [0.717, 1.165) is 25.7 Å². The van der Waals surface area contributed by atoms with E-state index in [4.69, 9.17) is 9.15 Å². The summed E-state index contributed by atoms with van der Waals surface area (Å²) in [6.45, 7) is 2.14. The summed E-state index contributed by atoms with van der Waals surface area (Å²) in [6, 6.07) is 3.28. The number of likely N-dealkylation sites (tertiary alicyclic amines) is 1. The first-order valence-electron chi connectivity index (χ1n) is 8.00. The minimum Gasteiger partial charge on any atom is -0.454 e. The van der Waals surface area contributed by atoms with Crippen LogP contribution in [0.25, 0.3) is 0 Å². The van der Waals surface area contributed by atoms with Gasteiger partial charge in [0.1, 0.15) is 6.54 Å². The zero-order valence-corrected chi connectivity index (χ0v) is 15.1. The minimum atomic E-state index is -0.660. The van der Waals surface area contributed by atoms with Crippen LogP contribution in [0.1, 0.15) is 43.2 Å². The van der Waals surface area contributed by atoms with Crippen molar-refractivity contribution in [2.24, 2.45) is 0 Å². The second kappa shape index (κ2) is 8.86. The van der Waals surface area contributed by atoms with Gasteiger partial charge in [-0.2, -0.15) is 0 Å². The van der Waals surface area contributed by atoms with Gasteiger partial charge in [0.25, 0.3) is 11.8 Å². The molecule has 1 aromatic heterocycles. The van der Waals surface area contributed by atoms with Gasteiger partial charge in [0.2, 0.25) is 0 Å². The van der Waals surface area contributed by atoms with Gasteiger partial charge in [-0.05, 0) is 53.7 Å². The third kappa shape index (κ3) is 5.09. The number of carbonyl (C=O) groups is 3. The lowest BCUT2D eigenvalue weighted by atomic mass is 10.00. The van der Waals surface area contributed by atoms with Crippen molar-refractivity contribution in [2.75, 3.05) is 19.7 Å². The fourth-order valence-electron chi connectivity index (χ4n) is 2.71. The molecule has 0 bridgehead atoms. The molecule has 2 amide bonds. The van der Waals surface area contributed by atoms with Crippen LogP contribution in [0.3, 0.4) is 0 Å². The van der Waals surface area contributed by atoms with Crippen molar-refractivity contribution in [3.63, 3.8) is 0 Å². The Hall–Kier alpha value is -1.83. The predicted octanol–water partition coefficient (Wildman–Crippen LogP) is 2.11. The molecule has 0 aliphatic carbocycles. The summed E-state index contributed by atoms with van der Waals surface area (Å²) in [5, 5.41) is 2.38. The number of amides is 2. The molecule has 0 saturated carbocycles. The highest BCUT2D eigenvalue weighted by Gasteiger charge is 2.25. The molecular formula is C16H21BrN2O5. The molecule has 1 saturated heterocycles. The molecule has 1 aromatic rings. The number of nitrogens with zero attached hydrogens (tertiary/aromatic N) is 1. The summed E-state index contributed by atoms with van der Waals surface area (Å²) in [6.07, 6.45) is 3.99. The quantitative estimate of drug-likeness (QED) is 0.738. The van der Waals surface area contributed by atoms with Crippen molar-refractivity contribution in [1.29, 1.82) is 0 Å². The Bertz CT molecular complexity index is 601. The number of halogens is 1. The van der Waals surface area contributed by atoms with Crippen molar-refractivity contribution in [1.82, 2.24) is 10.2 Å². The van der Waals surface area contributed by atoms with Gasteiger partial charge in [-0.25, -0.2) is 0 Å². The van der Waals surface area contributed by atoms with Gasteiger partial charge in [-0.15, -0.1) is 0 Å². The van der Waals surface area contributed by atoms with E-state index in [-0.39, 0.29) is 30.9 Å². The number of hydrogen-bond acceptors (Lipinski definition) is 5. The molecule has 0 aromatic carbocycles. The van der Waals surface area contributed by atoms with Crippen LogP contribution in [0, 0.1) is 0 Å². The Morgan fingerprint density at radius 2 is 2.17 bits per heavy atom. The standard InChI is InChI=1S/C16H21BrN2O5/c1-2-11-5-3-4-8-19(11)14(20)10-23-15(21)9-18-16(22)12-6-7-13(17)24-12/h6-7,11H,2-5,8-10H2,1H3,(H,18,22)/t11-/m1/s1. The number of nitrogens with one attached hydrogen (secondary N) is 1. The molecule has 0 spiro atoms. The Morgan fingerprint density at radius 1 is 1.38 bits per heavy atom. The van der Waals surface area contributed by atoms with Gasteiger partial charge in [0.05, 0.1) is 0 Å². The van der Waals surface area contributed by atoms with Gasteiger partial charge in [0, 0.05) is 12.6 Å². The molecule has 1 fully saturated rings. The number of hydrogen-bond donors (Lipinski definition) is 1. The maximum atomic E-state index is 12.2. The Labute approximate surface area is 148 Å². The van der Waals surface area contributed by atoms with Gasteiger partial charge < -0.3 is 19.4 Å². The predicted molar refractivity (Wildman–Crippen MR) is 89.3 cm³/mol. The first kappa shape index (κ1) is 18.5. The number of furan rings is 1. The Morgan fingerprint density at radius 3 is 2.83 bits per heavy atom. The second-order valence-corrected chi connectivity index (χ2v) is 6.37. The highest BCUT2D eigenvalue weighted by atomic mass is 79.9. The van der Waals surface area contributed by atoms with Crippen molar-refractivity contribution < 1.29 is 23.5 Å². The molecule has 2 heterocycles. The van der Waals surface area contributed by atoms with Crippen molar-refractivity contribution in [3.05, 3.63) is 22.6 Å². The molecule has 7 nitrogen and oxygen atoms in total. The number of piperidine rings is 1. The van der Waals surface area contributed by atoms with E-state index in [1.54, 1.807) is 11.0 Å². The van der Waals surface area contributed by atoms with Crippen LogP contribution in [0.2, 0.25) is 0 Å². The third-order valence-corrected chi connectivity index (χ3v) is 4.39. The lowest BCUT2D eigenvalue weighted by Gasteiger charge is -2.35. The highest BCUT2D eigenvalue weighted by molar-refractivity contribution is 9.10. The lowest BCUT2D eigenvalue weighted by Crippen LogP contribution is -2.45. The summed E-state index contributed by atoms with van der Waals surface area (Å²) in [5.74, 6) is -1.28. The minimum absolute atomic E-state index is 0.0878. The molecular weight excluding hydrogens is 380 g/mol. The first-order valence-corrected chi connectivity index (χ1v) is 8.79. The van der Waals surface area contributed by atoms with Crippen LogP contribution in [-0.2, 0) is 14.3 Å². The molecule has 132 valence electrons. The van der Waals surface area contributed by atoms with Gasteiger partial charge in [-0.1, -0.05) is 6.92 Å². The van der Waals surface area contributed by atoms with E-state index in [0.29, 0.717) is 11.2 Å². The summed E-state index contributed by atoms with van der Waals surface area (Å²) in [4.78, 5) is 37.4. The van der Waals surface area contributed by atoms with E-state index < -0.39 is 11.9 Å². The average Bonchev–Trinajstić information content (AvgIpc) is 3.04. The molecule has 0 unspecified atom stereocenters. The zero-order valence-electron chi connectivity index (χ0n) is 13.5. The molecule has 24 heavy (non-hydrogen) atoms. The van der Waals surface area contributed by atoms with Crippen molar-refractivity contribution in [2.45, 2.75) is 38.6 Å². The lowest BCUT2D eigenvalue weighted by molar-refractivity contribution is -0.152. The first-order chi connectivity index (χ1) is 11.5. The average molecular weight is 401 g/mol. The number of esters is 1. The maximum absolute atomic E-state index is 12.2. The fourth-order valence-corrected chi connectivity index (χ4v) is 3.01. The van der Waals surface area contributed by atoms with Crippen LogP contribution in [0.4, 0.5) is 0 Å². The van der Waals surface area contributed by atoms with Crippen LogP contribution in [0.5, 0.6) is 0 Å². The smallest absolute Gasteiger partial charge is 0.325 e. The number of rotatable bonds is 6. The van der Waals surface area contributed by atoms with Crippen LogP contribution < -0.4 is 5.32 Å². The van der Waals surface area contributed by atoms with E-state index in [1.165, 1.54) is 6.07 Å². The van der Waals surface area contributed by atoms with E-state index in [2.05, 4.69) is 21.2 Å². The third-order valence-electron chi connectivity index (χ3n) is 3.97. The Balaban J connectivity index is 1.72. The van der Waals surface area contributed by atoms with Crippen molar-refractivity contribution in [3.8, 4) is 0 Å². The molecule has 1 N–H and O–H groups in total. The van der Waals surface area contributed by atoms with Crippen LogP contribution in [0.15, 0.2) is 21.2 Å². The fraction of sp³-hybridized carbons (Fsp3) is 0.562. The SMILES string of the molecule is CC[C@@H]1CCCCN1C(=O)COC(=O)CNC(=O)c1ccc(Br)o1. The molecule has 1 atom stereocenters. The normalized spacial score (nSPS) is 17.4. The highest BCUT2D eigenvalue weighted by Crippen LogP contribution is 2.19. The molecule has 1 aliphatic rings. The summed E-state index contributed by atoms with van der Waals surface area (Å²) in [5.41, 5.74) is 0. The largest absolute Gasteiger partial charge is 0.454 e. The summed E-state index contributed by atoms with van der Waals surface area (Å²) >= 11 is 3.09. The van der Waals surface area contributed by atoms with Gasteiger partial charge >= 0.3 is 5.97 Å². The summed E-state index contributed by atoms with van der Waals surface area (Å²) < 4.78 is 10.5. The Kier molecular flexibility index (Phi) is 6.84. The van der Waals surface area contributed by atoms with Gasteiger partial charge in [-0.3, -0.25) is 14.4 Å². The number of ether oxygens (including phenoxy) is 1. The van der Waals surface area contributed by atoms with E-state index in [9.17, 15) is 14.4 Å². The monoisotopic (exact) mass is 400 g/mol.